The molecule has 20 heavy (non-hydrogen) atoms. The number of carboxylic acid groups (broad SMARTS) is 1. The maximum atomic E-state index is 12.5. The quantitative estimate of drug-likeness (QED) is 0.794. The lowest BCUT2D eigenvalue weighted by molar-refractivity contribution is -0.139. The second-order valence-corrected chi connectivity index (χ2v) is 4.29. The molecule has 0 aliphatic rings. The number of nitrogens with one attached hydrogen (secondary N) is 1. The molecule has 1 amide bonds. The van der Waals surface area contributed by atoms with E-state index in [1.165, 1.54) is 0 Å². The summed E-state index contributed by atoms with van der Waals surface area (Å²) in [6.07, 6.45) is -5.24. The second-order valence-electron chi connectivity index (χ2n) is 3.89. The zero-order valence-electron chi connectivity index (χ0n) is 9.87. The predicted molar refractivity (Wildman–Crippen MR) is 65.3 cm³/mol. The van der Waals surface area contributed by atoms with Gasteiger partial charge in [-0.25, -0.2) is 0 Å². The van der Waals surface area contributed by atoms with Crippen molar-refractivity contribution in [3.05, 3.63) is 28.8 Å². The van der Waals surface area contributed by atoms with Crippen LogP contribution in [0.25, 0.3) is 0 Å². The molecule has 1 rings (SSSR count). The molecule has 0 saturated carbocycles. The minimum atomic E-state index is -4.59. The van der Waals surface area contributed by atoms with Gasteiger partial charge in [-0.3, -0.25) is 9.59 Å². The summed E-state index contributed by atoms with van der Waals surface area (Å²) in [7, 11) is 0. The monoisotopic (exact) mass is 310 g/mol. The molecule has 0 aliphatic carbocycles. The molecule has 0 heterocycles. The average molecular weight is 311 g/mol. The van der Waals surface area contributed by atoms with Crippen molar-refractivity contribution in [3.63, 3.8) is 0 Å². The number of carboxylic acids is 1. The van der Waals surface area contributed by atoms with Gasteiger partial charge in [0, 0.05) is 0 Å². The number of aliphatic carboxylic acids is 1. The highest BCUT2D eigenvalue weighted by Gasteiger charge is 2.31. The van der Waals surface area contributed by atoms with E-state index in [1.54, 1.807) is 0 Å². The summed E-state index contributed by atoms with van der Waals surface area (Å²) in [6.45, 7) is 0. The smallest absolute Gasteiger partial charge is 0.416 e. The molecule has 4 N–H and O–H groups in total. The summed E-state index contributed by atoms with van der Waals surface area (Å²) in [4.78, 5) is 21.9. The molecule has 1 atom stereocenters. The molecule has 0 aromatic heterocycles. The van der Waals surface area contributed by atoms with Gasteiger partial charge in [-0.15, -0.1) is 0 Å². The van der Waals surface area contributed by atoms with Gasteiger partial charge in [0.1, 0.15) is 0 Å². The van der Waals surface area contributed by atoms with Gasteiger partial charge in [-0.2, -0.15) is 13.2 Å². The van der Waals surface area contributed by atoms with E-state index in [9.17, 15) is 22.8 Å². The van der Waals surface area contributed by atoms with Crippen molar-refractivity contribution in [1.82, 2.24) is 0 Å². The maximum absolute atomic E-state index is 12.5. The van der Waals surface area contributed by atoms with Crippen LogP contribution in [-0.2, 0) is 15.8 Å². The molecule has 0 bridgehead atoms. The van der Waals surface area contributed by atoms with Crippen LogP contribution in [0.15, 0.2) is 18.2 Å². The fourth-order valence-electron chi connectivity index (χ4n) is 1.30. The van der Waals surface area contributed by atoms with Crippen LogP contribution in [0, 0.1) is 0 Å². The Morgan fingerprint density at radius 3 is 2.50 bits per heavy atom. The van der Waals surface area contributed by atoms with Crippen molar-refractivity contribution < 1.29 is 27.9 Å². The van der Waals surface area contributed by atoms with Crippen LogP contribution < -0.4 is 11.1 Å². The van der Waals surface area contributed by atoms with E-state index < -0.39 is 36.1 Å². The largest absolute Gasteiger partial charge is 0.481 e. The fraction of sp³-hybridized carbons (Fsp3) is 0.273. The normalized spacial score (nSPS) is 12.8. The molecule has 9 heteroatoms. The van der Waals surface area contributed by atoms with E-state index in [0.29, 0.717) is 6.07 Å². The average Bonchev–Trinajstić information content (AvgIpc) is 2.29. The summed E-state index contributed by atoms with van der Waals surface area (Å²) in [5.41, 5.74) is 4.00. The molecule has 110 valence electrons. The van der Waals surface area contributed by atoms with Crippen LogP contribution in [0.2, 0.25) is 5.02 Å². The van der Waals surface area contributed by atoms with Crippen LogP contribution in [-0.4, -0.2) is 23.0 Å². The van der Waals surface area contributed by atoms with Gasteiger partial charge >= 0.3 is 12.1 Å². The number of hydrogen-bond donors (Lipinski definition) is 3. The first-order chi connectivity index (χ1) is 9.11. The van der Waals surface area contributed by atoms with Crippen molar-refractivity contribution in [1.29, 1.82) is 0 Å². The molecule has 1 aromatic rings. The van der Waals surface area contributed by atoms with Gasteiger partial charge in [-0.05, 0) is 18.2 Å². The molecular formula is C11H10ClF3N2O3. The first-order valence-corrected chi connectivity index (χ1v) is 5.64. The standard InChI is InChI=1S/C11H10ClF3N2O3/c12-6-2-1-5(11(13,14)15)3-8(6)17-10(20)7(16)4-9(18)19/h1-3,7H,4,16H2,(H,17,20)(H,18,19). The second kappa shape index (κ2) is 6.10. The van der Waals surface area contributed by atoms with E-state index in [4.69, 9.17) is 22.4 Å². The van der Waals surface area contributed by atoms with Crippen molar-refractivity contribution in [2.24, 2.45) is 5.73 Å². The molecule has 0 spiro atoms. The molecule has 5 nitrogen and oxygen atoms in total. The molecule has 0 radical (unpaired) electrons. The van der Waals surface area contributed by atoms with Gasteiger partial charge in [-0.1, -0.05) is 11.6 Å². The Morgan fingerprint density at radius 1 is 1.40 bits per heavy atom. The number of nitrogens with two attached hydrogens (primary N) is 1. The van der Waals surface area contributed by atoms with Gasteiger partial charge in [0.15, 0.2) is 0 Å². The van der Waals surface area contributed by atoms with Gasteiger partial charge < -0.3 is 16.2 Å². The first kappa shape index (κ1) is 16.3. The van der Waals surface area contributed by atoms with Gasteiger partial charge in [0.2, 0.25) is 5.91 Å². The Hall–Kier alpha value is -1.80. The molecule has 0 fully saturated rings. The third-order valence-electron chi connectivity index (χ3n) is 2.28. The number of benzene rings is 1. The Kier molecular flexibility index (Phi) is 4.96. The fourth-order valence-corrected chi connectivity index (χ4v) is 1.47. The minimum absolute atomic E-state index is 0.117. The summed E-state index contributed by atoms with van der Waals surface area (Å²) < 4.78 is 37.5. The number of anilines is 1. The number of amides is 1. The Morgan fingerprint density at radius 2 is 2.00 bits per heavy atom. The SMILES string of the molecule is NC(CC(=O)O)C(=O)Nc1cc(C(F)(F)F)ccc1Cl. The van der Waals surface area contributed by atoms with E-state index in [2.05, 4.69) is 5.32 Å². The van der Waals surface area contributed by atoms with Crippen LogP contribution in [0.5, 0.6) is 0 Å². The highest BCUT2D eigenvalue weighted by Crippen LogP contribution is 2.33. The summed E-state index contributed by atoms with van der Waals surface area (Å²) in [5.74, 6) is -2.24. The van der Waals surface area contributed by atoms with Crippen LogP contribution >= 0.6 is 11.6 Å². The number of hydrogen-bond acceptors (Lipinski definition) is 3. The van der Waals surface area contributed by atoms with Crippen LogP contribution in [0.1, 0.15) is 12.0 Å². The van der Waals surface area contributed by atoms with Gasteiger partial charge in [0.05, 0.1) is 28.7 Å². The number of halogens is 4. The zero-order chi connectivity index (χ0) is 15.5. The van der Waals surface area contributed by atoms with Crippen LogP contribution in [0.3, 0.4) is 0 Å². The Balaban J connectivity index is 2.92. The van der Waals surface area contributed by atoms with E-state index >= 15 is 0 Å². The highest BCUT2D eigenvalue weighted by molar-refractivity contribution is 6.33. The minimum Gasteiger partial charge on any atom is -0.481 e. The number of rotatable bonds is 4. The third-order valence-corrected chi connectivity index (χ3v) is 2.61. The van der Waals surface area contributed by atoms with Crippen molar-refractivity contribution in [3.8, 4) is 0 Å². The third kappa shape index (κ3) is 4.39. The number of carbonyl (C=O) groups excluding carboxylic acids is 1. The molecule has 1 aromatic carbocycles. The topological polar surface area (TPSA) is 92.4 Å². The van der Waals surface area contributed by atoms with E-state index in [1.807, 2.05) is 0 Å². The Bertz CT molecular complexity index is 534. The van der Waals surface area contributed by atoms with E-state index in [0.717, 1.165) is 12.1 Å². The molecule has 0 aliphatic heterocycles. The maximum Gasteiger partial charge on any atom is 0.416 e. The lowest BCUT2D eigenvalue weighted by Crippen LogP contribution is -2.37. The lowest BCUT2D eigenvalue weighted by Gasteiger charge is -2.13. The number of carbonyl (C=O) groups is 2. The predicted octanol–water partition coefficient (Wildman–Crippen LogP) is 2.10. The van der Waals surface area contributed by atoms with Gasteiger partial charge in [0.25, 0.3) is 0 Å². The summed E-state index contributed by atoms with van der Waals surface area (Å²) >= 11 is 5.66. The molecular weight excluding hydrogens is 301 g/mol. The number of alkyl halides is 3. The van der Waals surface area contributed by atoms with E-state index in [-0.39, 0.29) is 10.7 Å². The summed E-state index contributed by atoms with van der Waals surface area (Å²) in [6, 6.07) is 0.990. The van der Waals surface area contributed by atoms with Crippen molar-refractivity contribution in [2.45, 2.75) is 18.6 Å². The zero-order valence-corrected chi connectivity index (χ0v) is 10.6. The van der Waals surface area contributed by atoms with Crippen LogP contribution in [0.4, 0.5) is 18.9 Å². The summed E-state index contributed by atoms with van der Waals surface area (Å²) in [5, 5.41) is 10.4. The Labute approximate surface area is 116 Å². The molecule has 1 unspecified atom stereocenters. The first-order valence-electron chi connectivity index (χ1n) is 5.26. The van der Waals surface area contributed by atoms with Crippen molar-refractivity contribution in [2.75, 3.05) is 5.32 Å². The highest BCUT2D eigenvalue weighted by atomic mass is 35.5. The lowest BCUT2D eigenvalue weighted by atomic mass is 10.1. The molecule has 0 saturated heterocycles. The van der Waals surface area contributed by atoms with Crippen molar-refractivity contribution >= 4 is 29.2 Å².